The van der Waals surface area contributed by atoms with E-state index in [1.807, 2.05) is 48.5 Å². The molecule has 0 amide bonds. The largest absolute Gasteiger partial charge is 0.399 e. The summed E-state index contributed by atoms with van der Waals surface area (Å²) in [6.45, 7) is 0.0250. The molecule has 2 aromatic carbocycles. The molecule has 0 aliphatic carbocycles. The number of thioether (sulfide) groups is 1. The zero-order chi connectivity index (χ0) is 20.1. The summed E-state index contributed by atoms with van der Waals surface area (Å²) in [6, 6.07) is 17.2. The summed E-state index contributed by atoms with van der Waals surface area (Å²) in [7, 11) is 0. The molecule has 4 rings (SSSR count). The van der Waals surface area contributed by atoms with E-state index in [1.165, 1.54) is 0 Å². The Morgan fingerprint density at radius 1 is 1.00 bits per heavy atom. The number of nitrogen functional groups attached to an aromatic ring is 1. The van der Waals surface area contributed by atoms with Crippen molar-refractivity contribution >= 4 is 17.4 Å². The van der Waals surface area contributed by atoms with E-state index in [9.17, 15) is 5.11 Å². The first-order valence-corrected chi connectivity index (χ1v) is 10.5. The van der Waals surface area contributed by atoms with E-state index >= 15 is 0 Å². The summed E-state index contributed by atoms with van der Waals surface area (Å²) in [6.07, 6.45) is 3.54. The Morgan fingerprint density at radius 2 is 1.79 bits per heavy atom. The lowest BCUT2D eigenvalue weighted by molar-refractivity contribution is -0.245. The summed E-state index contributed by atoms with van der Waals surface area (Å²) in [4.78, 5) is 8.55. The molecule has 0 unspecified atom stereocenters. The van der Waals surface area contributed by atoms with Gasteiger partial charge in [0.25, 0.3) is 0 Å². The molecule has 2 heterocycles. The molecular weight excluding hydrogens is 386 g/mol. The number of hydrogen-bond donors (Lipinski definition) is 2. The number of aliphatic hydroxyl groups excluding tert-OH is 1. The van der Waals surface area contributed by atoms with E-state index in [0.717, 1.165) is 34.0 Å². The molecule has 1 saturated heterocycles. The molecule has 0 saturated carbocycles. The van der Waals surface area contributed by atoms with Gasteiger partial charge in [-0.2, -0.15) is 0 Å². The second kappa shape index (κ2) is 9.37. The fraction of sp³-hybridized carbons (Fsp3) is 0.273. The molecule has 3 atom stereocenters. The minimum Gasteiger partial charge on any atom is -0.399 e. The van der Waals surface area contributed by atoms with Crippen molar-refractivity contribution in [3.63, 3.8) is 0 Å². The van der Waals surface area contributed by atoms with Gasteiger partial charge in [-0.05, 0) is 29.3 Å². The lowest BCUT2D eigenvalue weighted by atomic mass is 10.0. The zero-order valence-corrected chi connectivity index (χ0v) is 16.7. The lowest BCUT2D eigenvalue weighted by Gasteiger charge is -2.36. The van der Waals surface area contributed by atoms with Crippen LogP contribution < -0.4 is 5.73 Å². The standard InChI is InChI=1S/C22H23N3O3S/c23-18-4-1-3-17(11-18)21-27-19(14-29-22-24-9-2-10-25-22)12-20(28-21)16-7-5-15(13-26)6-8-16/h1-11,19-21,26H,12-14,23H2/t19-,20+,21+/m1/s1. The Bertz CT molecular complexity index is 924. The van der Waals surface area contributed by atoms with Crippen LogP contribution >= 0.6 is 11.8 Å². The van der Waals surface area contributed by atoms with Gasteiger partial charge in [0.1, 0.15) is 0 Å². The van der Waals surface area contributed by atoms with Gasteiger partial charge in [-0.25, -0.2) is 9.97 Å². The minimum atomic E-state index is -0.503. The number of anilines is 1. The molecule has 7 heteroatoms. The number of benzene rings is 2. The van der Waals surface area contributed by atoms with Crippen LogP contribution in [0.4, 0.5) is 5.69 Å². The van der Waals surface area contributed by atoms with Crippen molar-refractivity contribution in [3.8, 4) is 0 Å². The van der Waals surface area contributed by atoms with Crippen molar-refractivity contribution < 1.29 is 14.6 Å². The summed E-state index contributed by atoms with van der Waals surface area (Å²) in [5.74, 6) is 0.720. The number of nitrogens with two attached hydrogens (primary N) is 1. The van der Waals surface area contributed by atoms with Gasteiger partial charge in [0.15, 0.2) is 11.4 Å². The van der Waals surface area contributed by atoms with Gasteiger partial charge < -0.3 is 20.3 Å². The molecule has 1 aliphatic heterocycles. The van der Waals surface area contributed by atoms with E-state index in [0.29, 0.717) is 5.69 Å². The maximum absolute atomic E-state index is 9.30. The molecule has 3 N–H and O–H groups in total. The van der Waals surface area contributed by atoms with E-state index in [1.54, 1.807) is 30.2 Å². The molecule has 29 heavy (non-hydrogen) atoms. The predicted octanol–water partition coefficient (Wildman–Crippen LogP) is 3.89. The third-order valence-corrected chi connectivity index (χ3v) is 5.75. The minimum absolute atomic E-state index is 0.0250. The van der Waals surface area contributed by atoms with Gasteiger partial charge in [-0.3, -0.25) is 0 Å². The molecule has 1 aliphatic rings. The molecule has 3 aromatic rings. The van der Waals surface area contributed by atoms with Crippen molar-refractivity contribution in [1.29, 1.82) is 0 Å². The van der Waals surface area contributed by atoms with Gasteiger partial charge >= 0.3 is 0 Å². The maximum atomic E-state index is 9.30. The second-order valence-corrected chi connectivity index (χ2v) is 7.85. The highest BCUT2D eigenvalue weighted by atomic mass is 32.2. The number of hydrogen-bond acceptors (Lipinski definition) is 7. The smallest absolute Gasteiger partial charge is 0.187 e. The van der Waals surface area contributed by atoms with E-state index in [2.05, 4.69) is 9.97 Å². The SMILES string of the molecule is Nc1cccc([C@H]2O[C@@H](CSc3ncccn3)C[C@@H](c3ccc(CO)cc3)O2)c1. The lowest BCUT2D eigenvalue weighted by Crippen LogP contribution is -2.31. The van der Waals surface area contributed by atoms with Gasteiger partial charge in [0.05, 0.1) is 18.8 Å². The molecule has 150 valence electrons. The highest BCUT2D eigenvalue weighted by Gasteiger charge is 2.32. The van der Waals surface area contributed by atoms with Gasteiger partial charge in [0.2, 0.25) is 0 Å². The average Bonchev–Trinajstić information content (AvgIpc) is 2.78. The van der Waals surface area contributed by atoms with Crippen LogP contribution in [-0.2, 0) is 16.1 Å². The molecule has 6 nitrogen and oxygen atoms in total. The fourth-order valence-electron chi connectivity index (χ4n) is 3.26. The van der Waals surface area contributed by atoms with Crippen LogP contribution in [0.5, 0.6) is 0 Å². The summed E-state index contributed by atoms with van der Waals surface area (Å²) < 4.78 is 12.5. The van der Waals surface area contributed by atoms with Gasteiger partial charge in [-0.1, -0.05) is 48.2 Å². The number of ether oxygens (including phenoxy) is 2. The number of rotatable bonds is 6. The number of nitrogens with zero attached hydrogens (tertiary/aromatic N) is 2. The Kier molecular flexibility index (Phi) is 6.41. The van der Waals surface area contributed by atoms with Crippen molar-refractivity contribution in [2.75, 3.05) is 11.5 Å². The highest BCUT2D eigenvalue weighted by molar-refractivity contribution is 7.99. The Labute approximate surface area is 174 Å². The topological polar surface area (TPSA) is 90.5 Å². The molecule has 0 radical (unpaired) electrons. The molecule has 1 fully saturated rings. The molecule has 0 bridgehead atoms. The van der Waals surface area contributed by atoms with E-state index in [-0.39, 0.29) is 18.8 Å². The quantitative estimate of drug-likeness (QED) is 0.363. The van der Waals surface area contributed by atoms with Crippen molar-refractivity contribution in [2.45, 2.75) is 36.7 Å². The second-order valence-electron chi connectivity index (χ2n) is 6.86. The fourth-order valence-corrected chi connectivity index (χ4v) is 4.08. The normalized spacial score (nSPS) is 21.8. The third-order valence-electron chi connectivity index (χ3n) is 4.74. The summed E-state index contributed by atoms with van der Waals surface area (Å²) in [5, 5.41) is 10.0. The number of aliphatic hydroxyl groups is 1. The highest BCUT2D eigenvalue weighted by Crippen LogP contribution is 2.39. The zero-order valence-electron chi connectivity index (χ0n) is 15.8. The van der Waals surface area contributed by atoms with Crippen molar-refractivity contribution in [1.82, 2.24) is 9.97 Å². The predicted molar refractivity (Wildman–Crippen MR) is 112 cm³/mol. The third kappa shape index (κ3) is 5.13. The average molecular weight is 410 g/mol. The van der Waals surface area contributed by atoms with Crippen LogP contribution in [0.15, 0.2) is 72.1 Å². The monoisotopic (exact) mass is 409 g/mol. The first kappa shape index (κ1) is 19.8. The van der Waals surface area contributed by atoms with Crippen LogP contribution in [0.1, 0.15) is 35.5 Å². The first-order chi connectivity index (χ1) is 14.2. The summed E-state index contributed by atoms with van der Waals surface area (Å²) in [5.41, 5.74) is 9.46. The summed E-state index contributed by atoms with van der Waals surface area (Å²) >= 11 is 1.57. The van der Waals surface area contributed by atoms with Crippen LogP contribution in [-0.4, -0.2) is 26.9 Å². The molecular formula is C22H23N3O3S. The Balaban J connectivity index is 1.53. The van der Waals surface area contributed by atoms with Crippen molar-refractivity contribution in [2.24, 2.45) is 0 Å². The van der Waals surface area contributed by atoms with Crippen LogP contribution in [0.3, 0.4) is 0 Å². The molecule has 0 spiro atoms. The Morgan fingerprint density at radius 3 is 2.52 bits per heavy atom. The molecule has 1 aromatic heterocycles. The van der Waals surface area contributed by atoms with Crippen molar-refractivity contribution in [3.05, 3.63) is 83.7 Å². The van der Waals surface area contributed by atoms with Gasteiger partial charge in [0, 0.05) is 35.8 Å². The Hall–Kier alpha value is -2.45. The van der Waals surface area contributed by atoms with Gasteiger partial charge in [-0.15, -0.1) is 0 Å². The van der Waals surface area contributed by atoms with Crippen LogP contribution in [0.25, 0.3) is 0 Å². The maximum Gasteiger partial charge on any atom is 0.187 e. The first-order valence-electron chi connectivity index (χ1n) is 9.47. The van der Waals surface area contributed by atoms with Crippen LogP contribution in [0.2, 0.25) is 0 Å². The van der Waals surface area contributed by atoms with E-state index in [4.69, 9.17) is 15.2 Å². The number of aromatic nitrogens is 2. The van der Waals surface area contributed by atoms with E-state index < -0.39 is 6.29 Å². The van der Waals surface area contributed by atoms with Crippen LogP contribution in [0, 0.1) is 0 Å².